The predicted octanol–water partition coefficient (Wildman–Crippen LogP) is 0.161. The van der Waals surface area contributed by atoms with Crippen molar-refractivity contribution in [1.29, 1.82) is 0 Å². The van der Waals surface area contributed by atoms with Crippen LogP contribution in [0.25, 0.3) is 0 Å². The topological polar surface area (TPSA) is 101 Å². The molecule has 0 aromatic carbocycles. The van der Waals surface area contributed by atoms with E-state index in [1.807, 2.05) is 27.8 Å². The van der Waals surface area contributed by atoms with E-state index in [2.05, 4.69) is 30.7 Å². The summed E-state index contributed by atoms with van der Waals surface area (Å²) in [6, 6.07) is 0. The Morgan fingerprint density at radius 3 is 2.74 bits per heavy atom. The van der Waals surface area contributed by atoms with Crippen LogP contribution in [0.1, 0.15) is 43.0 Å². The number of nitrogens with one attached hydrogen (secondary N) is 2. The van der Waals surface area contributed by atoms with E-state index in [-0.39, 0.29) is 23.7 Å². The van der Waals surface area contributed by atoms with E-state index in [1.54, 1.807) is 10.9 Å². The third-order valence-electron chi connectivity index (χ3n) is 2.61. The maximum atomic E-state index is 11.9. The lowest BCUT2D eigenvalue weighted by atomic mass is 9.96. The average molecular weight is 263 g/mol. The number of aromatic amines is 1. The maximum absolute atomic E-state index is 11.9. The van der Waals surface area contributed by atoms with Crippen LogP contribution in [0, 0.1) is 0 Å². The molecule has 8 heteroatoms. The van der Waals surface area contributed by atoms with Crippen LogP contribution in [-0.4, -0.2) is 35.9 Å². The van der Waals surface area contributed by atoms with Crippen molar-refractivity contribution in [3.63, 3.8) is 0 Å². The normalized spacial score (nSPS) is 11.6. The van der Waals surface area contributed by atoms with Gasteiger partial charge in [0.05, 0.1) is 6.54 Å². The molecule has 19 heavy (non-hydrogen) atoms. The number of carbonyl (C=O) groups excluding carboxylic acids is 1. The third kappa shape index (κ3) is 2.95. The molecular formula is C11H17N7O. The number of aromatic nitrogens is 6. The molecule has 102 valence electrons. The number of aryl methyl sites for hydroxylation is 1. The minimum atomic E-state index is -0.338. The van der Waals surface area contributed by atoms with Gasteiger partial charge in [0.25, 0.3) is 5.91 Å². The molecule has 2 heterocycles. The number of H-pyrrole nitrogens is 1. The molecule has 0 unspecified atom stereocenters. The van der Waals surface area contributed by atoms with E-state index < -0.39 is 0 Å². The number of carbonyl (C=O) groups is 1. The summed E-state index contributed by atoms with van der Waals surface area (Å²) in [5.74, 6) is 1.14. The predicted molar refractivity (Wildman–Crippen MR) is 67.3 cm³/mol. The van der Waals surface area contributed by atoms with E-state index in [4.69, 9.17) is 0 Å². The Balaban J connectivity index is 2.01. The second-order valence-corrected chi connectivity index (χ2v) is 5.30. The van der Waals surface area contributed by atoms with Crippen molar-refractivity contribution in [2.75, 3.05) is 0 Å². The van der Waals surface area contributed by atoms with Crippen LogP contribution < -0.4 is 5.32 Å². The Labute approximate surface area is 110 Å². The third-order valence-corrected chi connectivity index (χ3v) is 2.61. The van der Waals surface area contributed by atoms with Gasteiger partial charge in [0.1, 0.15) is 12.2 Å². The van der Waals surface area contributed by atoms with Crippen LogP contribution in [0.2, 0.25) is 0 Å². The van der Waals surface area contributed by atoms with Gasteiger partial charge in [0.15, 0.2) is 5.82 Å². The molecule has 2 aromatic rings. The number of rotatable bonds is 3. The number of hydrogen-bond acceptors (Lipinski definition) is 5. The summed E-state index contributed by atoms with van der Waals surface area (Å²) >= 11 is 0. The quantitative estimate of drug-likeness (QED) is 0.821. The van der Waals surface area contributed by atoms with Crippen molar-refractivity contribution in [1.82, 2.24) is 35.3 Å². The number of amides is 1. The molecule has 0 aliphatic rings. The highest BCUT2D eigenvalue weighted by Crippen LogP contribution is 2.17. The minimum Gasteiger partial charge on any atom is -0.342 e. The molecule has 2 aromatic heterocycles. The lowest BCUT2D eigenvalue weighted by Crippen LogP contribution is -2.25. The Kier molecular flexibility index (Phi) is 3.32. The molecule has 0 atom stereocenters. The molecule has 0 saturated carbocycles. The van der Waals surface area contributed by atoms with Crippen LogP contribution in [-0.2, 0) is 19.0 Å². The van der Waals surface area contributed by atoms with Gasteiger partial charge in [-0.15, -0.1) is 15.3 Å². The molecule has 2 N–H and O–H groups in total. The first-order valence-corrected chi connectivity index (χ1v) is 5.92. The van der Waals surface area contributed by atoms with Gasteiger partial charge in [-0.3, -0.25) is 9.89 Å². The minimum absolute atomic E-state index is 0.132. The second-order valence-electron chi connectivity index (χ2n) is 5.30. The van der Waals surface area contributed by atoms with E-state index in [0.717, 1.165) is 0 Å². The number of hydrogen-bond donors (Lipinski definition) is 2. The Morgan fingerprint density at radius 1 is 1.47 bits per heavy atom. The molecule has 0 radical (unpaired) electrons. The highest BCUT2D eigenvalue weighted by Gasteiger charge is 2.21. The van der Waals surface area contributed by atoms with Crippen LogP contribution in [0.5, 0.6) is 0 Å². The first-order chi connectivity index (χ1) is 8.88. The first-order valence-electron chi connectivity index (χ1n) is 5.92. The van der Waals surface area contributed by atoms with E-state index in [0.29, 0.717) is 11.6 Å². The summed E-state index contributed by atoms with van der Waals surface area (Å²) in [6.45, 7) is 6.27. The molecular weight excluding hydrogens is 246 g/mol. The van der Waals surface area contributed by atoms with E-state index >= 15 is 0 Å². The first kappa shape index (κ1) is 13.2. The van der Waals surface area contributed by atoms with Gasteiger partial charge in [-0.2, -0.15) is 0 Å². The van der Waals surface area contributed by atoms with Gasteiger partial charge in [-0.1, -0.05) is 20.8 Å². The molecule has 0 bridgehead atoms. The Bertz CT molecular complexity index is 578. The van der Waals surface area contributed by atoms with Gasteiger partial charge in [-0.25, -0.2) is 4.98 Å². The molecule has 1 amide bonds. The Hall–Kier alpha value is -2.25. The SMILES string of the molecule is Cn1cnnc1CNC(=O)c1n[nH]c(C(C)(C)C)n1. The van der Waals surface area contributed by atoms with Crippen molar-refractivity contribution in [3.05, 3.63) is 23.8 Å². The van der Waals surface area contributed by atoms with Gasteiger partial charge >= 0.3 is 0 Å². The molecule has 8 nitrogen and oxygen atoms in total. The molecule has 0 aliphatic carbocycles. The lowest BCUT2D eigenvalue weighted by Gasteiger charge is -2.12. The fourth-order valence-corrected chi connectivity index (χ4v) is 1.40. The van der Waals surface area contributed by atoms with Gasteiger partial charge in [0, 0.05) is 12.5 Å². The molecule has 2 rings (SSSR count). The lowest BCUT2D eigenvalue weighted by molar-refractivity contribution is 0.0939. The average Bonchev–Trinajstić information content (AvgIpc) is 2.93. The second kappa shape index (κ2) is 4.79. The highest BCUT2D eigenvalue weighted by atomic mass is 16.2. The monoisotopic (exact) mass is 263 g/mol. The summed E-state index contributed by atoms with van der Waals surface area (Å²) in [5, 5.41) is 17.0. The van der Waals surface area contributed by atoms with Crippen molar-refractivity contribution in [2.45, 2.75) is 32.7 Å². The fraction of sp³-hybridized carbons (Fsp3) is 0.545. The van der Waals surface area contributed by atoms with Crippen molar-refractivity contribution < 1.29 is 4.79 Å². The molecule has 0 saturated heterocycles. The fourth-order valence-electron chi connectivity index (χ4n) is 1.40. The van der Waals surface area contributed by atoms with Crippen LogP contribution in [0.4, 0.5) is 0 Å². The molecule has 0 fully saturated rings. The maximum Gasteiger partial charge on any atom is 0.291 e. The van der Waals surface area contributed by atoms with Gasteiger partial charge in [0.2, 0.25) is 5.82 Å². The van der Waals surface area contributed by atoms with Crippen molar-refractivity contribution >= 4 is 5.91 Å². The Morgan fingerprint density at radius 2 is 2.21 bits per heavy atom. The molecule has 0 spiro atoms. The zero-order chi connectivity index (χ0) is 14.0. The van der Waals surface area contributed by atoms with Gasteiger partial charge < -0.3 is 9.88 Å². The standard InChI is InChI=1S/C11H17N7O/c1-11(2,3)10-14-8(16-17-10)9(19)12-5-7-15-13-6-18(7)4/h6H,5H2,1-4H3,(H,12,19)(H,14,16,17). The summed E-state index contributed by atoms with van der Waals surface area (Å²) in [4.78, 5) is 16.1. The summed E-state index contributed by atoms with van der Waals surface area (Å²) < 4.78 is 1.73. The van der Waals surface area contributed by atoms with E-state index in [9.17, 15) is 4.79 Å². The summed E-state index contributed by atoms with van der Waals surface area (Å²) in [6.07, 6.45) is 1.58. The van der Waals surface area contributed by atoms with Crippen LogP contribution >= 0.6 is 0 Å². The van der Waals surface area contributed by atoms with Crippen LogP contribution in [0.15, 0.2) is 6.33 Å². The highest BCUT2D eigenvalue weighted by molar-refractivity contribution is 5.90. The zero-order valence-corrected chi connectivity index (χ0v) is 11.4. The summed E-state index contributed by atoms with van der Waals surface area (Å²) in [5.41, 5.74) is -0.172. The van der Waals surface area contributed by atoms with Crippen LogP contribution in [0.3, 0.4) is 0 Å². The van der Waals surface area contributed by atoms with Crippen molar-refractivity contribution in [2.24, 2.45) is 7.05 Å². The largest absolute Gasteiger partial charge is 0.342 e. The zero-order valence-electron chi connectivity index (χ0n) is 11.4. The summed E-state index contributed by atoms with van der Waals surface area (Å²) in [7, 11) is 1.81. The number of nitrogens with zero attached hydrogens (tertiary/aromatic N) is 5. The molecule has 0 aliphatic heterocycles. The van der Waals surface area contributed by atoms with E-state index in [1.165, 1.54) is 0 Å². The van der Waals surface area contributed by atoms with Gasteiger partial charge in [-0.05, 0) is 0 Å². The smallest absolute Gasteiger partial charge is 0.291 e. The van der Waals surface area contributed by atoms with Crippen molar-refractivity contribution in [3.8, 4) is 0 Å².